The van der Waals surface area contributed by atoms with Crippen LogP contribution in [-0.2, 0) is 9.53 Å². The van der Waals surface area contributed by atoms with E-state index in [9.17, 15) is 9.59 Å². The molecular weight excluding hydrogens is 384 g/mol. The minimum absolute atomic E-state index is 0.144. The molecule has 0 fully saturated rings. The zero-order valence-electron chi connectivity index (χ0n) is 12.6. The quantitative estimate of drug-likeness (QED) is 0.736. The number of nitrogens with one attached hydrogen (secondary N) is 1. The molecule has 0 radical (unpaired) electrons. The Bertz CT molecular complexity index is 707. The molecule has 2 heterocycles. The van der Waals surface area contributed by atoms with Gasteiger partial charge < -0.3 is 14.8 Å². The first kappa shape index (κ1) is 16.2. The van der Waals surface area contributed by atoms with Gasteiger partial charge in [-0.25, -0.2) is 9.10 Å². The summed E-state index contributed by atoms with van der Waals surface area (Å²) in [6.45, 7) is 2.18. The van der Waals surface area contributed by atoms with Crippen LogP contribution in [0.25, 0.3) is 5.57 Å². The van der Waals surface area contributed by atoms with E-state index in [0.717, 1.165) is 26.3 Å². The maximum absolute atomic E-state index is 11.9. The van der Waals surface area contributed by atoms with Crippen LogP contribution in [0.2, 0.25) is 0 Å². The molecule has 0 aliphatic carbocycles. The lowest BCUT2D eigenvalue weighted by atomic mass is 10.0. The first-order chi connectivity index (χ1) is 11.0. The van der Waals surface area contributed by atoms with E-state index in [2.05, 4.69) is 21.2 Å². The van der Waals surface area contributed by atoms with Crippen molar-refractivity contribution in [1.82, 2.24) is 9.62 Å². The molecule has 8 heteroatoms. The van der Waals surface area contributed by atoms with Crippen molar-refractivity contribution in [2.24, 2.45) is 0 Å². The predicted molar refractivity (Wildman–Crippen MR) is 90.9 cm³/mol. The SMILES string of the molecule is COC(=O)N1CC2=C(S1)C(NC(C)=O)COc1ccc(Br)cc12. The minimum atomic E-state index is -0.415. The summed E-state index contributed by atoms with van der Waals surface area (Å²) >= 11 is 4.75. The van der Waals surface area contributed by atoms with E-state index in [0.29, 0.717) is 13.2 Å². The number of amides is 2. The van der Waals surface area contributed by atoms with E-state index >= 15 is 0 Å². The Hall–Kier alpha value is -1.67. The Kier molecular flexibility index (Phi) is 4.54. The van der Waals surface area contributed by atoms with Crippen LogP contribution < -0.4 is 10.1 Å². The van der Waals surface area contributed by atoms with E-state index in [-0.39, 0.29) is 11.9 Å². The van der Waals surface area contributed by atoms with Crippen LogP contribution in [0.1, 0.15) is 12.5 Å². The van der Waals surface area contributed by atoms with Gasteiger partial charge in [-0.05, 0) is 35.7 Å². The van der Waals surface area contributed by atoms with Crippen molar-refractivity contribution in [3.8, 4) is 5.75 Å². The fourth-order valence-corrected chi connectivity index (χ4v) is 4.07. The molecule has 1 atom stereocenters. The Morgan fingerprint density at radius 1 is 1.48 bits per heavy atom. The third kappa shape index (κ3) is 3.18. The highest BCUT2D eigenvalue weighted by Gasteiger charge is 2.36. The van der Waals surface area contributed by atoms with Crippen molar-refractivity contribution in [2.45, 2.75) is 13.0 Å². The zero-order chi connectivity index (χ0) is 16.6. The molecule has 0 saturated heterocycles. The summed E-state index contributed by atoms with van der Waals surface area (Å²) < 4.78 is 13.1. The van der Waals surface area contributed by atoms with Crippen LogP contribution in [0.3, 0.4) is 0 Å². The van der Waals surface area contributed by atoms with Crippen molar-refractivity contribution < 1.29 is 19.1 Å². The summed E-state index contributed by atoms with van der Waals surface area (Å²) in [7, 11) is 1.35. The first-order valence-corrected chi connectivity index (χ1v) is 8.52. The highest BCUT2D eigenvalue weighted by atomic mass is 79.9. The van der Waals surface area contributed by atoms with Crippen LogP contribution >= 0.6 is 27.9 Å². The van der Waals surface area contributed by atoms with Gasteiger partial charge in [0.25, 0.3) is 0 Å². The fraction of sp³-hybridized carbons (Fsp3) is 0.333. The van der Waals surface area contributed by atoms with Crippen molar-refractivity contribution in [2.75, 3.05) is 20.3 Å². The minimum Gasteiger partial charge on any atom is -0.490 e. The first-order valence-electron chi connectivity index (χ1n) is 6.96. The average Bonchev–Trinajstić information content (AvgIpc) is 2.91. The predicted octanol–water partition coefficient (Wildman–Crippen LogP) is 2.79. The lowest BCUT2D eigenvalue weighted by Gasteiger charge is -2.20. The number of rotatable bonds is 1. The third-order valence-corrected chi connectivity index (χ3v) is 5.27. The maximum Gasteiger partial charge on any atom is 0.420 e. The molecule has 6 nitrogen and oxygen atoms in total. The summed E-state index contributed by atoms with van der Waals surface area (Å²) in [6, 6.07) is 5.44. The molecule has 0 saturated carbocycles. The van der Waals surface area contributed by atoms with E-state index in [1.807, 2.05) is 18.2 Å². The summed E-state index contributed by atoms with van der Waals surface area (Å²) in [5, 5.41) is 2.89. The second-order valence-corrected chi connectivity index (χ2v) is 7.12. The number of hydrogen-bond donors (Lipinski definition) is 1. The van der Waals surface area contributed by atoms with Crippen molar-refractivity contribution >= 4 is 45.5 Å². The monoisotopic (exact) mass is 398 g/mol. The third-order valence-electron chi connectivity index (χ3n) is 3.55. The van der Waals surface area contributed by atoms with Crippen molar-refractivity contribution in [3.05, 3.63) is 33.1 Å². The number of nitrogens with zero attached hydrogens (tertiary/aromatic N) is 1. The summed E-state index contributed by atoms with van der Waals surface area (Å²) in [5.41, 5.74) is 1.88. The van der Waals surface area contributed by atoms with Crippen LogP contribution in [0.5, 0.6) is 5.75 Å². The Morgan fingerprint density at radius 2 is 2.26 bits per heavy atom. The van der Waals surface area contributed by atoms with E-state index in [1.54, 1.807) is 0 Å². The van der Waals surface area contributed by atoms with Crippen LogP contribution in [0, 0.1) is 0 Å². The van der Waals surface area contributed by atoms with Gasteiger partial charge in [-0.2, -0.15) is 0 Å². The lowest BCUT2D eigenvalue weighted by molar-refractivity contribution is -0.119. The second kappa shape index (κ2) is 6.45. The molecule has 1 aromatic carbocycles. The molecule has 2 amide bonds. The fourth-order valence-electron chi connectivity index (χ4n) is 2.59. The van der Waals surface area contributed by atoms with Gasteiger partial charge in [0.15, 0.2) is 0 Å². The number of fused-ring (bicyclic) bond motifs is 2. The number of benzene rings is 1. The maximum atomic E-state index is 11.9. The molecule has 0 bridgehead atoms. The van der Waals surface area contributed by atoms with Crippen LogP contribution in [-0.4, -0.2) is 42.6 Å². The van der Waals surface area contributed by atoms with Gasteiger partial charge in [0, 0.05) is 21.9 Å². The lowest BCUT2D eigenvalue weighted by Crippen LogP contribution is -2.38. The van der Waals surface area contributed by atoms with Gasteiger partial charge in [0.05, 0.1) is 19.7 Å². The van der Waals surface area contributed by atoms with Gasteiger partial charge in [-0.1, -0.05) is 15.9 Å². The highest BCUT2D eigenvalue weighted by molar-refractivity contribution is 9.10. The average molecular weight is 399 g/mol. The molecule has 3 rings (SSSR count). The second-order valence-electron chi connectivity index (χ2n) is 5.15. The number of carbonyl (C=O) groups excluding carboxylic acids is 2. The number of hydrogen-bond acceptors (Lipinski definition) is 5. The van der Waals surface area contributed by atoms with Crippen molar-refractivity contribution in [1.29, 1.82) is 0 Å². The number of halogens is 1. The van der Waals surface area contributed by atoms with Gasteiger partial charge in [0.1, 0.15) is 12.4 Å². The standard InChI is InChI=1S/C15H15BrN2O4S/c1-8(19)17-12-7-22-13-4-3-9(16)5-10(13)11-6-18(15(20)21-2)23-14(11)12/h3-5,12H,6-7H2,1-2H3,(H,17,19). The van der Waals surface area contributed by atoms with Crippen LogP contribution in [0.15, 0.2) is 27.6 Å². The smallest absolute Gasteiger partial charge is 0.420 e. The van der Waals surface area contributed by atoms with Crippen molar-refractivity contribution in [3.63, 3.8) is 0 Å². The summed E-state index contributed by atoms with van der Waals surface area (Å²) in [6.07, 6.45) is -0.415. The molecule has 0 spiro atoms. The molecule has 1 N–H and O–H groups in total. The highest BCUT2D eigenvalue weighted by Crippen LogP contribution is 2.45. The number of methoxy groups -OCH3 is 1. The topological polar surface area (TPSA) is 67.9 Å². The Labute approximate surface area is 146 Å². The largest absolute Gasteiger partial charge is 0.490 e. The molecule has 23 heavy (non-hydrogen) atoms. The molecule has 0 aromatic heterocycles. The number of carbonyl (C=O) groups is 2. The van der Waals surface area contributed by atoms with Gasteiger partial charge >= 0.3 is 6.09 Å². The summed E-state index contributed by atoms with van der Waals surface area (Å²) in [5.74, 6) is 0.593. The van der Waals surface area contributed by atoms with Gasteiger partial charge in [0.2, 0.25) is 5.91 Å². The van der Waals surface area contributed by atoms with Crippen LogP contribution in [0.4, 0.5) is 4.79 Å². The molecular formula is C15H15BrN2O4S. The zero-order valence-corrected chi connectivity index (χ0v) is 15.0. The Morgan fingerprint density at radius 3 is 2.96 bits per heavy atom. The normalized spacial score (nSPS) is 19.4. The molecule has 1 aromatic rings. The van der Waals surface area contributed by atoms with E-state index in [4.69, 9.17) is 9.47 Å². The molecule has 2 aliphatic rings. The van der Waals surface area contributed by atoms with Gasteiger partial charge in [-0.15, -0.1) is 0 Å². The molecule has 2 aliphatic heterocycles. The van der Waals surface area contributed by atoms with Gasteiger partial charge in [-0.3, -0.25) is 4.79 Å². The van der Waals surface area contributed by atoms with E-state index < -0.39 is 6.09 Å². The molecule has 122 valence electrons. The summed E-state index contributed by atoms with van der Waals surface area (Å²) in [4.78, 5) is 24.3. The Balaban J connectivity index is 2.03. The number of ether oxygens (including phenoxy) is 2. The molecule has 1 unspecified atom stereocenters. The van der Waals surface area contributed by atoms with E-state index in [1.165, 1.54) is 30.3 Å².